The minimum absolute atomic E-state index is 0.542. The van der Waals surface area contributed by atoms with Gasteiger partial charge in [-0.15, -0.1) is 0 Å². The van der Waals surface area contributed by atoms with Crippen molar-refractivity contribution in [2.75, 3.05) is 33.0 Å². The highest BCUT2D eigenvalue weighted by Gasteiger charge is 2.20. The van der Waals surface area contributed by atoms with Gasteiger partial charge in [0.15, 0.2) is 0 Å². The summed E-state index contributed by atoms with van der Waals surface area (Å²) < 4.78 is 5.58. The van der Waals surface area contributed by atoms with E-state index in [0.717, 1.165) is 54.9 Å². The highest BCUT2D eigenvalue weighted by molar-refractivity contribution is 5.80. The zero-order valence-corrected chi connectivity index (χ0v) is 18.1. The van der Waals surface area contributed by atoms with Gasteiger partial charge in [0.05, 0.1) is 0 Å². The van der Waals surface area contributed by atoms with Crippen LogP contribution in [0.15, 0.2) is 48.9 Å². The van der Waals surface area contributed by atoms with Gasteiger partial charge in [0.25, 0.3) is 0 Å². The molecule has 3 heterocycles. The van der Waals surface area contributed by atoms with Crippen molar-refractivity contribution in [2.45, 2.75) is 32.2 Å². The number of rotatable bonds is 5. The fourth-order valence-corrected chi connectivity index (χ4v) is 4.29. The van der Waals surface area contributed by atoms with Crippen LogP contribution in [-0.2, 0) is 11.3 Å². The van der Waals surface area contributed by atoms with Crippen LogP contribution in [0.5, 0.6) is 0 Å². The second-order valence-corrected chi connectivity index (χ2v) is 8.39. The summed E-state index contributed by atoms with van der Waals surface area (Å²) in [6.07, 6.45) is 7.72. The molecule has 1 saturated heterocycles. The van der Waals surface area contributed by atoms with Crippen molar-refractivity contribution in [3.05, 3.63) is 65.6 Å². The second-order valence-electron chi connectivity index (χ2n) is 8.39. The molecule has 0 unspecified atom stereocenters. The van der Waals surface area contributed by atoms with Gasteiger partial charge in [-0.3, -0.25) is 4.98 Å². The summed E-state index contributed by atoms with van der Waals surface area (Å²) >= 11 is 0. The van der Waals surface area contributed by atoms with Gasteiger partial charge in [-0.2, -0.15) is 0 Å². The van der Waals surface area contributed by atoms with Crippen molar-refractivity contribution in [3.8, 4) is 22.3 Å². The summed E-state index contributed by atoms with van der Waals surface area (Å²) in [6, 6.07) is 11.0. The summed E-state index contributed by atoms with van der Waals surface area (Å²) in [7, 11) is 4.24. The minimum Gasteiger partial charge on any atom is -0.383 e. The number of benzene rings is 1. The maximum atomic E-state index is 6.24. The van der Waals surface area contributed by atoms with Gasteiger partial charge in [-0.25, -0.2) is 4.98 Å². The molecular formula is C25H30N4O. The van der Waals surface area contributed by atoms with Crippen molar-refractivity contribution < 1.29 is 4.74 Å². The lowest BCUT2D eigenvalue weighted by atomic mass is 9.86. The van der Waals surface area contributed by atoms with Gasteiger partial charge in [0.1, 0.15) is 5.82 Å². The van der Waals surface area contributed by atoms with E-state index >= 15 is 0 Å². The van der Waals surface area contributed by atoms with Crippen LogP contribution in [0, 0.1) is 6.92 Å². The summed E-state index contributed by atoms with van der Waals surface area (Å²) in [4.78, 5) is 10.9. The van der Waals surface area contributed by atoms with E-state index in [4.69, 9.17) is 10.5 Å². The van der Waals surface area contributed by atoms with Crippen LogP contribution in [0.25, 0.3) is 22.3 Å². The van der Waals surface area contributed by atoms with E-state index in [1.54, 1.807) is 6.20 Å². The average Bonchev–Trinajstić information content (AvgIpc) is 2.75. The molecule has 1 aliphatic rings. The van der Waals surface area contributed by atoms with Crippen LogP contribution in [0.1, 0.15) is 35.4 Å². The summed E-state index contributed by atoms with van der Waals surface area (Å²) in [6.45, 7) is 4.67. The number of hydrogen-bond donors (Lipinski definition) is 1. The Bertz CT molecular complexity index is 1030. The Morgan fingerprint density at radius 1 is 1.03 bits per heavy atom. The number of hydrogen-bond acceptors (Lipinski definition) is 5. The van der Waals surface area contributed by atoms with Gasteiger partial charge >= 0.3 is 0 Å². The van der Waals surface area contributed by atoms with Gasteiger partial charge in [0, 0.05) is 49.5 Å². The number of nitrogen functional groups attached to an aromatic ring is 1. The summed E-state index contributed by atoms with van der Waals surface area (Å²) in [5.74, 6) is 1.11. The summed E-state index contributed by atoms with van der Waals surface area (Å²) in [5.41, 5.74) is 14.4. The van der Waals surface area contributed by atoms with Crippen molar-refractivity contribution >= 4 is 5.82 Å². The topological polar surface area (TPSA) is 64.3 Å². The van der Waals surface area contributed by atoms with Crippen LogP contribution in [0.2, 0.25) is 0 Å². The first kappa shape index (κ1) is 20.5. The predicted molar refractivity (Wildman–Crippen MR) is 122 cm³/mol. The maximum absolute atomic E-state index is 6.24. The van der Waals surface area contributed by atoms with E-state index in [1.165, 1.54) is 16.7 Å². The minimum atomic E-state index is 0.542. The van der Waals surface area contributed by atoms with Crippen molar-refractivity contribution in [3.63, 3.8) is 0 Å². The highest BCUT2D eigenvalue weighted by Crippen LogP contribution is 2.35. The normalized spacial score (nSPS) is 14.9. The Labute approximate surface area is 178 Å². The molecule has 0 amide bonds. The molecule has 2 aromatic heterocycles. The Kier molecular flexibility index (Phi) is 6.11. The van der Waals surface area contributed by atoms with Crippen LogP contribution in [0.3, 0.4) is 0 Å². The molecule has 0 aliphatic carbocycles. The van der Waals surface area contributed by atoms with Crippen molar-refractivity contribution in [1.82, 2.24) is 14.9 Å². The van der Waals surface area contributed by atoms with Crippen molar-refractivity contribution in [1.29, 1.82) is 0 Å². The number of pyridine rings is 2. The molecule has 5 heteroatoms. The van der Waals surface area contributed by atoms with Gasteiger partial charge in [-0.1, -0.05) is 12.1 Å². The number of nitrogens with zero attached hydrogens (tertiary/aromatic N) is 3. The first-order valence-electron chi connectivity index (χ1n) is 10.5. The maximum Gasteiger partial charge on any atom is 0.131 e. The molecule has 0 saturated carbocycles. The molecule has 2 N–H and O–H groups in total. The number of aryl methyl sites for hydroxylation is 1. The standard InChI is InChI=1S/C25H30N4O/c1-17-14-27-9-6-22(17)24-13-20(15-28-25(24)26)19-4-5-23(18-7-10-30-11-8-18)21(12-19)16-29(2)3/h4-6,9,12-15,18H,7-8,10-11,16H2,1-3H3,(H2,26,28). The first-order valence-corrected chi connectivity index (χ1v) is 10.5. The molecule has 0 spiro atoms. The largest absolute Gasteiger partial charge is 0.383 e. The van der Waals surface area contributed by atoms with Gasteiger partial charge in [0.2, 0.25) is 0 Å². The molecule has 30 heavy (non-hydrogen) atoms. The molecule has 1 aliphatic heterocycles. The fourth-order valence-electron chi connectivity index (χ4n) is 4.29. The Hall–Kier alpha value is -2.76. The van der Waals surface area contributed by atoms with E-state index in [2.05, 4.69) is 53.2 Å². The number of ether oxygens (including phenoxy) is 1. The average molecular weight is 403 g/mol. The van der Waals surface area contributed by atoms with Crippen LogP contribution >= 0.6 is 0 Å². The molecule has 5 nitrogen and oxygen atoms in total. The van der Waals surface area contributed by atoms with E-state index in [9.17, 15) is 0 Å². The fraction of sp³-hybridized carbons (Fsp3) is 0.360. The lowest BCUT2D eigenvalue weighted by Gasteiger charge is -2.26. The second kappa shape index (κ2) is 8.94. The number of anilines is 1. The monoisotopic (exact) mass is 402 g/mol. The lowest BCUT2D eigenvalue weighted by molar-refractivity contribution is 0.0850. The Morgan fingerprint density at radius 3 is 2.57 bits per heavy atom. The van der Waals surface area contributed by atoms with Gasteiger partial charge < -0.3 is 15.4 Å². The smallest absolute Gasteiger partial charge is 0.131 e. The third-order valence-corrected chi connectivity index (χ3v) is 5.85. The van der Waals surface area contributed by atoms with Crippen molar-refractivity contribution in [2.24, 2.45) is 0 Å². The van der Waals surface area contributed by atoms with E-state index in [-0.39, 0.29) is 0 Å². The first-order chi connectivity index (χ1) is 14.5. The van der Waals surface area contributed by atoms with E-state index < -0.39 is 0 Å². The predicted octanol–water partition coefficient (Wildman–Crippen LogP) is 4.66. The SMILES string of the molecule is Cc1cnccc1-c1cc(-c2ccc(C3CCOCC3)c(CN(C)C)c2)cnc1N. The van der Waals surface area contributed by atoms with Crippen LogP contribution in [-0.4, -0.2) is 42.2 Å². The van der Waals surface area contributed by atoms with Crippen LogP contribution in [0.4, 0.5) is 5.82 Å². The third-order valence-electron chi connectivity index (χ3n) is 5.85. The Balaban J connectivity index is 1.75. The third kappa shape index (κ3) is 4.37. The molecule has 0 atom stereocenters. The summed E-state index contributed by atoms with van der Waals surface area (Å²) in [5, 5.41) is 0. The molecule has 1 aromatic carbocycles. The lowest BCUT2D eigenvalue weighted by Crippen LogP contribution is -2.18. The quantitative estimate of drug-likeness (QED) is 0.673. The van der Waals surface area contributed by atoms with E-state index in [0.29, 0.717) is 11.7 Å². The molecule has 0 radical (unpaired) electrons. The number of nitrogens with two attached hydrogens (primary N) is 1. The molecule has 156 valence electrons. The van der Waals surface area contributed by atoms with Gasteiger partial charge in [-0.05, 0) is 85.8 Å². The number of aromatic nitrogens is 2. The zero-order chi connectivity index (χ0) is 21.1. The Morgan fingerprint density at radius 2 is 1.83 bits per heavy atom. The molecular weight excluding hydrogens is 372 g/mol. The zero-order valence-electron chi connectivity index (χ0n) is 18.1. The highest BCUT2D eigenvalue weighted by atomic mass is 16.5. The molecule has 4 rings (SSSR count). The van der Waals surface area contributed by atoms with E-state index in [1.807, 2.05) is 25.4 Å². The molecule has 3 aromatic rings. The van der Waals surface area contributed by atoms with Crippen LogP contribution < -0.4 is 5.73 Å². The molecule has 1 fully saturated rings. The molecule has 0 bridgehead atoms.